The van der Waals surface area contributed by atoms with Gasteiger partial charge in [-0.2, -0.15) is 11.3 Å². The predicted molar refractivity (Wildman–Crippen MR) is 69.5 cm³/mol. The van der Waals surface area contributed by atoms with E-state index in [0.29, 0.717) is 0 Å². The number of rotatable bonds is 0. The molecule has 0 bridgehead atoms. The predicted octanol–water partition coefficient (Wildman–Crippen LogP) is 5.14. The third kappa shape index (κ3) is 6.87. The lowest BCUT2D eigenvalue weighted by Gasteiger charge is -1.65. The smallest absolute Gasteiger partial charge is 0.00141 e. The van der Waals surface area contributed by atoms with Crippen LogP contribution in [0.2, 0.25) is 0 Å². The van der Waals surface area contributed by atoms with Gasteiger partial charge in [0.25, 0.3) is 0 Å². The van der Waals surface area contributed by atoms with E-state index in [1.807, 2.05) is 13.8 Å². The van der Waals surface area contributed by atoms with Gasteiger partial charge in [0.1, 0.15) is 0 Å². The monoisotopic (exact) mass is 226 g/mol. The summed E-state index contributed by atoms with van der Waals surface area (Å²) in [4.78, 5) is 1.38. The molecule has 0 aromatic carbocycles. The average molecular weight is 226 g/mol. The second-order valence-corrected chi connectivity index (χ2v) is 4.46. The van der Waals surface area contributed by atoms with E-state index in [1.165, 1.54) is 10.4 Å². The lowest BCUT2D eigenvalue weighted by molar-refractivity contribution is 1.50. The molecule has 2 heteroatoms. The van der Waals surface area contributed by atoms with E-state index in [2.05, 4.69) is 48.2 Å². The maximum atomic E-state index is 2.12. The van der Waals surface area contributed by atoms with Crippen molar-refractivity contribution >= 4 is 22.7 Å². The highest BCUT2D eigenvalue weighted by Gasteiger charge is 1.75. The Morgan fingerprint density at radius 1 is 1.00 bits per heavy atom. The molecule has 0 fully saturated rings. The molecule has 0 unspecified atom stereocenters. The van der Waals surface area contributed by atoms with Crippen LogP contribution in [0.1, 0.15) is 24.3 Å². The molecule has 0 spiro atoms. The van der Waals surface area contributed by atoms with Gasteiger partial charge in [0.05, 0.1) is 0 Å². The molecule has 2 aromatic heterocycles. The zero-order chi connectivity index (χ0) is 10.8. The van der Waals surface area contributed by atoms with Gasteiger partial charge in [-0.1, -0.05) is 19.9 Å². The quantitative estimate of drug-likeness (QED) is 0.583. The van der Waals surface area contributed by atoms with E-state index in [1.54, 1.807) is 22.7 Å². The molecule has 0 N–H and O–H groups in total. The molecule has 0 nitrogen and oxygen atoms in total. The van der Waals surface area contributed by atoms with Crippen molar-refractivity contribution in [3.05, 3.63) is 44.8 Å². The SMILES string of the molecule is CC.Cc1cccs1.Cc1ccsc1. The molecule has 0 atom stereocenters. The van der Waals surface area contributed by atoms with Crippen LogP contribution in [-0.2, 0) is 0 Å². The summed E-state index contributed by atoms with van der Waals surface area (Å²) in [7, 11) is 0. The number of hydrogen-bond donors (Lipinski definition) is 0. The van der Waals surface area contributed by atoms with Crippen LogP contribution in [-0.4, -0.2) is 0 Å². The summed E-state index contributed by atoms with van der Waals surface area (Å²) in [6, 6.07) is 6.26. The van der Waals surface area contributed by atoms with Crippen molar-refractivity contribution in [2.45, 2.75) is 27.7 Å². The molecule has 0 aliphatic rings. The minimum Gasteiger partial charge on any atom is -0.152 e. The number of hydrogen-bond acceptors (Lipinski definition) is 2. The van der Waals surface area contributed by atoms with Crippen molar-refractivity contribution in [3.8, 4) is 0 Å². The fourth-order valence-electron chi connectivity index (χ4n) is 0.693. The van der Waals surface area contributed by atoms with E-state index in [9.17, 15) is 0 Å². The standard InChI is InChI=1S/2C5H6S.C2H6/c1-5-2-3-6-4-5;1-5-3-2-4-6-5;1-2/h2*2-4H,1H3;1-2H3. The van der Waals surface area contributed by atoms with Gasteiger partial charge in [-0.15, -0.1) is 11.3 Å². The molecule has 0 saturated heterocycles. The van der Waals surface area contributed by atoms with Gasteiger partial charge in [-0.3, -0.25) is 0 Å². The molecule has 0 amide bonds. The van der Waals surface area contributed by atoms with Crippen LogP contribution in [0.5, 0.6) is 0 Å². The van der Waals surface area contributed by atoms with Crippen molar-refractivity contribution in [3.63, 3.8) is 0 Å². The summed E-state index contributed by atoms with van der Waals surface area (Å²) in [6.45, 7) is 8.20. The Morgan fingerprint density at radius 2 is 1.71 bits per heavy atom. The van der Waals surface area contributed by atoms with Gasteiger partial charge in [-0.05, 0) is 47.7 Å². The fraction of sp³-hybridized carbons (Fsp3) is 0.333. The molecule has 0 aliphatic heterocycles. The van der Waals surface area contributed by atoms with Gasteiger partial charge in [0.2, 0.25) is 0 Å². The summed E-state index contributed by atoms with van der Waals surface area (Å²) >= 11 is 3.52. The second-order valence-electron chi connectivity index (χ2n) is 2.52. The van der Waals surface area contributed by atoms with Crippen LogP contribution in [0.4, 0.5) is 0 Å². The first-order valence-electron chi connectivity index (χ1n) is 4.78. The first kappa shape index (κ1) is 13.4. The second kappa shape index (κ2) is 8.97. The van der Waals surface area contributed by atoms with Gasteiger partial charge in [0.15, 0.2) is 0 Å². The third-order valence-corrected chi connectivity index (χ3v) is 2.93. The third-order valence-electron chi connectivity index (χ3n) is 1.33. The molecular weight excluding hydrogens is 208 g/mol. The first-order valence-corrected chi connectivity index (χ1v) is 6.60. The Hall–Kier alpha value is -0.600. The number of aryl methyl sites for hydroxylation is 2. The first-order chi connectivity index (χ1) is 6.79. The van der Waals surface area contributed by atoms with E-state index < -0.39 is 0 Å². The molecule has 78 valence electrons. The zero-order valence-corrected chi connectivity index (χ0v) is 10.9. The molecule has 0 radical (unpaired) electrons. The van der Waals surface area contributed by atoms with Crippen LogP contribution < -0.4 is 0 Å². The Morgan fingerprint density at radius 3 is 1.86 bits per heavy atom. The summed E-state index contributed by atoms with van der Waals surface area (Å²) in [5, 5.41) is 6.28. The zero-order valence-electron chi connectivity index (χ0n) is 9.28. The normalized spacial score (nSPS) is 8.00. The van der Waals surface area contributed by atoms with Crippen LogP contribution in [0, 0.1) is 13.8 Å². The maximum Gasteiger partial charge on any atom is 0.00141 e. The Balaban J connectivity index is 0.000000206. The fourth-order valence-corrected chi connectivity index (χ4v) is 1.89. The molecular formula is C12H18S2. The summed E-state index contributed by atoms with van der Waals surface area (Å²) in [5.74, 6) is 0. The van der Waals surface area contributed by atoms with Gasteiger partial charge in [-0.25, -0.2) is 0 Å². The minimum absolute atomic E-state index is 1.36. The molecule has 0 aliphatic carbocycles. The molecule has 2 aromatic rings. The highest BCUT2D eigenvalue weighted by molar-refractivity contribution is 7.09. The van der Waals surface area contributed by atoms with E-state index in [0.717, 1.165) is 0 Å². The van der Waals surface area contributed by atoms with E-state index in [4.69, 9.17) is 0 Å². The van der Waals surface area contributed by atoms with Gasteiger partial charge >= 0.3 is 0 Å². The van der Waals surface area contributed by atoms with Crippen LogP contribution >= 0.6 is 22.7 Å². The average Bonchev–Trinajstić information content (AvgIpc) is 2.83. The van der Waals surface area contributed by atoms with Crippen LogP contribution in [0.25, 0.3) is 0 Å². The van der Waals surface area contributed by atoms with Gasteiger partial charge < -0.3 is 0 Å². The molecule has 14 heavy (non-hydrogen) atoms. The van der Waals surface area contributed by atoms with Gasteiger partial charge in [0, 0.05) is 4.88 Å². The molecule has 2 heterocycles. The van der Waals surface area contributed by atoms with Crippen molar-refractivity contribution in [1.29, 1.82) is 0 Å². The highest BCUT2D eigenvalue weighted by Crippen LogP contribution is 2.03. The van der Waals surface area contributed by atoms with Crippen LogP contribution in [0.15, 0.2) is 34.3 Å². The minimum atomic E-state index is 1.36. The largest absolute Gasteiger partial charge is 0.152 e. The van der Waals surface area contributed by atoms with Crippen molar-refractivity contribution < 1.29 is 0 Å². The van der Waals surface area contributed by atoms with Crippen molar-refractivity contribution in [2.24, 2.45) is 0 Å². The van der Waals surface area contributed by atoms with E-state index in [-0.39, 0.29) is 0 Å². The Bertz CT molecular complexity index is 248. The summed E-state index contributed by atoms with van der Waals surface area (Å²) in [5.41, 5.74) is 1.36. The summed E-state index contributed by atoms with van der Waals surface area (Å²) < 4.78 is 0. The Labute approximate surface area is 95.2 Å². The maximum absolute atomic E-state index is 2.12. The Kier molecular flexibility index (Phi) is 8.59. The lowest BCUT2D eigenvalue weighted by Crippen LogP contribution is -1.47. The van der Waals surface area contributed by atoms with E-state index >= 15 is 0 Å². The van der Waals surface area contributed by atoms with Crippen LogP contribution in [0.3, 0.4) is 0 Å². The van der Waals surface area contributed by atoms with Crippen molar-refractivity contribution in [1.82, 2.24) is 0 Å². The molecule has 2 rings (SSSR count). The lowest BCUT2D eigenvalue weighted by atomic mass is 10.4. The van der Waals surface area contributed by atoms with Crippen molar-refractivity contribution in [2.75, 3.05) is 0 Å². The molecule has 0 saturated carbocycles. The summed E-state index contributed by atoms with van der Waals surface area (Å²) in [6.07, 6.45) is 0. The number of thiophene rings is 2. The topological polar surface area (TPSA) is 0 Å². The highest BCUT2D eigenvalue weighted by atomic mass is 32.1.